The van der Waals surface area contributed by atoms with Gasteiger partial charge < -0.3 is 9.80 Å². The van der Waals surface area contributed by atoms with Gasteiger partial charge in [0, 0.05) is 36.6 Å². The Morgan fingerprint density at radius 1 is 1.16 bits per heavy atom. The fourth-order valence-electron chi connectivity index (χ4n) is 4.56. The van der Waals surface area contributed by atoms with Crippen molar-refractivity contribution in [2.24, 2.45) is 0 Å². The van der Waals surface area contributed by atoms with Crippen LogP contribution in [0.2, 0.25) is 0 Å². The highest BCUT2D eigenvalue weighted by Gasteiger charge is 2.25. The first-order chi connectivity index (χ1) is 15.4. The molecule has 3 aromatic rings. The van der Waals surface area contributed by atoms with Crippen LogP contribution >= 0.6 is 11.3 Å². The van der Waals surface area contributed by atoms with Gasteiger partial charge in [0.25, 0.3) is 5.56 Å². The summed E-state index contributed by atoms with van der Waals surface area (Å²) in [7, 11) is 0. The highest BCUT2D eigenvalue weighted by atomic mass is 32.1. The number of fused-ring (bicyclic) bond motifs is 3. The van der Waals surface area contributed by atoms with Gasteiger partial charge in [0.05, 0.1) is 17.4 Å². The number of amides is 1. The zero-order valence-corrected chi connectivity index (χ0v) is 18.6. The van der Waals surface area contributed by atoms with Crippen LogP contribution in [0.4, 0.5) is 10.1 Å². The predicted molar refractivity (Wildman–Crippen MR) is 121 cm³/mol. The van der Waals surface area contributed by atoms with E-state index in [1.54, 1.807) is 28.4 Å². The Hall–Kier alpha value is -3.07. The van der Waals surface area contributed by atoms with E-state index in [1.165, 1.54) is 28.8 Å². The first kappa shape index (κ1) is 20.8. The average molecular weight is 455 g/mol. The molecule has 1 aliphatic carbocycles. The summed E-state index contributed by atoms with van der Waals surface area (Å²) in [5.74, 6) is -0.764. The van der Waals surface area contributed by atoms with E-state index in [4.69, 9.17) is 0 Å². The van der Waals surface area contributed by atoms with Crippen molar-refractivity contribution in [3.63, 3.8) is 0 Å². The first-order valence-electron chi connectivity index (χ1n) is 10.8. The number of aromatic nitrogens is 2. The van der Waals surface area contributed by atoms with Gasteiger partial charge >= 0.3 is 0 Å². The van der Waals surface area contributed by atoms with Gasteiger partial charge in [-0.3, -0.25) is 19.0 Å². The van der Waals surface area contributed by atoms with E-state index in [9.17, 15) is 18.8 Å². The number of aryl methyl sites for hydroxylation is 2. The molecule has 9 heteroatoms. The number of benzene rings is 1. The minimum atomic E-state index is -0.438. The maximum absolute atomic E-state index is 14.5. The molecule has 0 atom stereocenters. The molecular formula is C23H23FN4O3S. The highest BCUT2D eigenvalue weighted by Crippen LogP contribution is 2.34. The van der Waals surface area contributed by atoms with Crippen molar-refractivity contribution in [3.05, 3.63) is 56.7 Å². The molecule has 0 bridgehead atoms. The lowest BCUT2D eigenvalue weighted by Crippen LogP contribution is -2.50. The van der Waals surface area contributed by atoms with Crippen LogP contribution in [0.3, 0.4) is 0 Å². The van der Waals surface area contributed by atoms with Crippen LogP contribution in [0, 0.1) is 5.82 Å². The zero-order valence-electron chi connectivity index (χ0n) is 17.8. The predicted octanol–water partition coefficient (Wildman–Crippen LogP) is 2.64. The molecule has 2 aromatic heterocycles. The van der Waals surface area contributed by atoms with Gasteiger partial charge in [-0.15, -0.1) is 11.3 Å². The number of ketones is 1. The number of thiophene rings is 1. The number of anilines is 1. The third-order valence-electron chi connectivity index (χ3n) is 6.32. The number of halogens is 1. The summed E-state index contributed by atoms with van der Waals surface area (Å²) in [5, 5.41) is 0.673. The molecule has 0 unspecified atom stereocenters. The van der Waals surface area contributed by atoms with E-state index in [0.29, 0.717) is 42.8 Å². The molecule has 0 N–H and O–H groups in total. The fraction of sp³-hybridized carbons (Fsp3) is 0.391. The summed E-state index contributed by atoms with van der Waals surface area (Å²) in [6.07, 6.45) is 4.43. The largest absolute Gasteiger partial charge is 0.366 e. The van der Waals surface area contributed by atoms with Crippen molar-refractivity contribution in [2.75, 3.05) is 31.1 Å². The van der Waals surface area contributed by atoms with Crippen molar-refractivity contribution >= 4 is 38.9 Å². The van der Waals surface area contributed by atoms with Gasteiger partial charge in [-0.2, -0.15) is 0 Å². The van der Waals surface area contributed by atoms with Gasteiger partial charge in [-0.05, 0) is 49.9 Å². The Bertz CT molecular complexity index is 1290. The topological polar surface area (TPSA) is 75.5 Å². The molecular weight excluding hydrogens is 431 g/mol. The molecule has 5 rings (SSSR count). The number of hydrogen-bond acceptors (Lipinski definition) is 6. The minimum Gasteiger partial charge on any atom is -0.366 e. The van der Waals surface area contributed by atoms with E-state index < -0.39 is 5.82 Å². The number of Topliss-reactive ketones (excluding diaryl/α,β-unsaturated/α-hetero) is 1. The Labute approximate surface area is 188 Å². The Morgan fingerprint density at radius 3 is 2.66 bits per heavy atom. The van der Waals surface area contributed by atoms with Gasteiger partial charge in [0.1, 0.15) is 17.2 Å². The van der Waals surface area contributed by atoms with Crippen molar-refractivity contribution in [1.29, 1.82) is 0 Å². The number of hydrogen-bond donors (Lipinski definition) is 0. The lowest BCUT2D eigenvalue weighted by molar-refractivity contribution is -0.132. The van der Waals surface area contributed by atoms with Crippen LogP contribution in [-0.4, -0.2) is 52.3 Å². The molecule has 7 nitrogen and oxygen atoms in total. The highest BCUT2D eigenvalue weighted by molar-refractivity contribution is 7.18. The number of piperazine rings is 1. The summed E-state index contributed by atoms with van der Waals surface area (Å²) in [4.78, 5) is 47.3. The smallest absolute Gasteiger partial charge is 0.262 e. The number of nitrogens with zero attached hydrogens (tertiary/aromatic N) is 4. The number of carbonyl (C=O) groups excluding carboxylic acids is 2. The summed E-state index contributed by atoms with van der Waals surface area (Å²) in [5.41, 5.74) is 1.73. The quantitative estimate of drug-likeness (QED) is 0.567. The molecule has 1 aliphatic heterocycles. The number of carbonyl (C=O) groups is 2. The van der Waals surface area contributed by atoms with Crippen molar-refractivity contribution in [2.45, 2.75) is 32.7 Å². The van der Waals surface area contributed by atoms with Crippen LogP contribution in [-0.2, 0) is 24.2 Å². The van der Waals surface area contributed by atoms with Crippen LogP contribution < -0.4 is 10.5 Å². The van der Waals surface area contributed by atoms with Crippen molar-refractivity contribution in [3.8, 4) is 0 Å². The molecule has 1 saturated heterocycles. The second kappa shape index (κ2) is 8.12. The van der Waals surface area contributed by atoms with Gasteiger partial charge in [0.2, 0.25) is 5.91 Å². The summed E-state index contributed by atoms with van der Waals surface area (Å²) in [6, 6.07) is 4.49. The summed E-state index contributed by atoms with van der Waals surface area (Å²) >= 11 is 1.58. The second-order valence-corrected chi connectivity index (χ2v) is 9.39. The van der Waals surface area contributed by atoms with Crippen LogP contribution in [0.25, 0.3) is 10.2 Å². The molecule has 32 heavy (non-hydrogen) atoms. The minimum absolute atomic E-state index is 0.0476. The monoisotopic (exact) mass is 454 g/mol. The molecule has 0 saturated carbocycles. The standard InChI is InChI=1S/C23H23FN4O3S/c1-14(29)15-5-6-18(17(24)11-15)26-7-9-27(10-8-26)20(30)12-28-13-25-22-21(23(28)31)16-3-2-4-19(16)32-22/h5-6,11,13H,2-4,7-10,12H2,1H3. The molecule has 3 heterocycles. The molecule has 166 valence electrons. The normalized spacial score (nSPS) is 15.9. The molecule has 1 aromatic carbocycles. The lowest BCUT2D eigenvalue weighted by atomic mass is 10.1. The SMILES string of the molecule is CC(=O)c1ccc(N2CCN(C(=O)Cn3cnc4sc5c(c4c3=O)CCC5)CC2)c(F)c1. The zero-order chi connectivity index (χ0) is 22.4. The maximum atomic E-state index is 14.5. The van der Waals surface area contributed by atoms with Crippen molar-refractivity contribution in [1.82, 2.24) is 14.5 Å². The summed E-state index contributed by atoms with van der Waals surface area (Å²) in [6.45, 7) is 3.19. The molecule has 1 amide bonds. The molecule has 0 radical (unpaired) electrons. The van der Waals surface area contributed by atoms with Crippen LogP contribution in [0.1, 0.15) is 34.1 Å². The van der Waals surface area contributed by atoms with E-state index in [-0.39, 0.29) is 23.8 Å². The van der Waals surface area contributed by atoms with E-state index in [1.807, 2.05) is 4.90 Å². The molecule has 0 spiro atoms. The Kier molecular flexibility index (Phi) is 5.28. The van der Waals surface area contributed by atoms with Crippen LogP contribution in [0.15, 0.2) is 29.3 Å². The fourth-order valence-corrected chi connectivity index (χ4v) is 5.78. The third kappa shape index (κ3) is 3.60. The summed E-state index contributed by atoms with van der Waals surface area (Å²) < 4.78 is 15.9. The molecule has 2 aliphatic rings. The van der Waals surface area contributed by atoms with Gasteiger partial charge in [-0.25, -0.2) is 9.37 Å². The number of rotatable bonds is 4. The van der Waals surface area contributed by atoms with Gasteiger partial charge in [-0.1, -0.05) is 0 Å². The maximum Gasteiger partial charge on any atom is 0.262 e. The third-order valence-corrected chi connectivity index (χ3v) is 7.52. The second-order valence-electron chi connectivity index (χ2n) is 8.31. The van der Waals surface area contributed by atoms with Crippen LogP contribution in [0.5, 0.6) is 0 Å². The Morgan fingerprint density at radius 2 is 1.94 bits per heavy atom. The lowest BCUT2D eigenvalue weighted by Gasteiger charge is -2.36. The average Bonchev–Trinajstić information content (AvgIpc) is 3.37. The van der Waals surface area contributed by atoms with Gasteiger partial charge in [0.15, 0.2) is 5.78 Å². The van der Waals surface area contributed by atoms with Crippen molar-refractivity contribution < 1.29 is 14.0 Å². The first-order valence-corrected chi connectivity index (χ1v) is 11.6. The van der Waals surface area contributed by atoms with E-state index in [2.05, 4.69) is 4.98 Å². The molecule has 1 fully saturated rings. The van der Waals surface area contributed by atoms with E-state index >= 15 is 0 Å². The van der Waals surface area contributed by atoms with E-state index in [0.717, 1.165) is 29.7 Å². The Balaban J connectivity index is 1.27.